The summed E-state index contributed by atoms with van der Waals surface area (Å²) in [5.74, 6) is -0.0610. The first kappa shape index (κ1) is 13.5. The van der Waals surface area contributed by atoms with Crippen molar-refractivity contribution in [1.82, 2.24) is 9.97 Å². The molecule has 0 bridgehead atoms. The highest BCUT2D eigenvalue weighted by atomic mass is 35.5. The van der Waals surface area contributed by atoms with Gasteiger partial charge in [-0.2, -0.15) is 0 Å². The standard InChI is InChI=1S/C11H8Cl2N4O2/c1-5-10(17(18)19)9(16-11(14)15-5)7-4-6(12)2-3-8(7)13/h2-4H,1H3,(H2,14,15,16). The molecule has 1 aromatic heterocycles. The minimum absolute atomic E-state index is 0.0579. The first-order valence-corrected chi connectivity index (χ1v) is 5.89. The maximum absolute atomic E-state index is 11.1. The number of nitrogens with zero attached hydrogens (tertiary/aromatic N) is 3. The second kappa shape index (κ2) is 4.99. The first-order valence-electron chi connectivity index (χ1n) is 5.14. The Morgan fingerprint density at radius 2 is 2.00 bits per heavy atom. The minimum Gasteiger partial charge on any atom is -0.368 e. The van der Waals surface area contributed by atoms with E-state index in [0.29, 0.717) is 15.6 Å². The summed E-state index contributed by atoms with van der Waals surface area (Å²) in [7, 11) is 0. The van der Waals surface area contributed by atoms with Gasteiger partial charge in [-0.1, -0.05) is 23.2 Å². The Kier molecular flexibility index (Phi) is 3.55. The van der Waals surface area contributed by atoms with E-state index in [1.807, 2.05) is 0 Å². The van der Waals surface area contributed by atoms with Gasteiger partial charge in [0, 0.05) is 10.6 Å². The van der Waals surface area contributed by atoms with Gasteiger partial charge in [0.15, 0.2) is 5.69 Å². The molecular weight excluding hydrogens is 291 g/mol. The highest BCUT2D eigenvalue weighted by molar-refractivity contribution is 6.35. The number of hydrogen-bond donors (Lipinski definition) is 1. The van der Waals surface area contributed by atoms with Crippen molar-refractivity contribution in [3.05, 3.63) is 44.1 Å². The number of halogens is 2. The van der Waals surface area contributed by atoms with E-state index in [9.17, 15) is 10.1 Å². The molecule has 19 heavy (non-hydrogen) atoms. The fraction of sp³-hybridized carbons (Fsp3) is 0.0909. The van der Waals surface area contributed by atoms with Gasteiger partial charge in [0.05, 0.1) is 9.95 Å². The number of anilines is 1. The van der Waals surface area contributed by atoms with E-state index >= 15 is 0 Å². The van der Waals surface area contributed by atoms with Crippen LogP contribution in [0.1, 0.15) is 5.69 Å². The van der Waals surface area contributed by atoms with Crippen molar-refractivity contribution < 1.29 is 4.92 Å². The zero-order chi connectivity index (χ0) is 14.2. The minimum atomic E-state index is -0.568. The second-order valence-electron chi connectivity index (χ2n) is 3.75. The zero-order valence-corrected chi connectivity index (χ0v) is 11.2. The van der Waals surface area contributed by atoms with Gasteiger partial charge in [0.25, 0.3) is 0 Å². The molecule has 6 nitrogen and oxygen atoms in total. The van der Waals surface area contributed by atoms with E-state index in [0.717, 1.165) is 0 Å². The maximum Gasteiger partial charge on any atom is 0.316 e. The van der Waals surface area contributed by atoms with Gasteiger partial charge < -0.3 is 5.73 Å². The molecule has 0 aliphatic rings. The highest BCUT2D eigenvalue weighted by Crippen LogP contribution is 2.36. The predicted octanol–water partition coefficient (Wildman–Crippen LogP) is 3.25. The highest BCUT2D eigenvalue weighted by Gasteiger charge is 2.24. The molecule has 0 saturated carbocycles. The van der Waals surface area contributed by atoms with Crippen molar-refractivity contribution in [2.75, 3.05) is 5.73 Å². The number of nitro groups is 1. The fourth-order valence-corrected chi connectivity index (χ4v) is 2.05. The lowest BCUT2D eigenvalue weighted by atomic mass is 10.1. The van der Waals surface area contributed by atoms with Gasteiger partial charge in [-0.3, -0.25) is 10.1 Å². The van der Waals surface area contributed by atoms with Crippen molar-refractivity contribution >= 4 is 34.8 Å². The molecule has 0 spiro atoms. The molecule has 1 aromatic carbocycles. The molecule has 0 radical (unpaired) electrons. The molecule has 2 rings (SSSR count). The molecule has 0 saturated heterocycles. The molecular formula is C11H8Cl2N4O2. The van der Waals surface area contributed by atoms with Crippen LogP contribution in [0.15, 0.2) is 18.2 Å². The van der Waals surface area contributed by atoms with Crippen LogP contribution in [0.25, 0.3) is 11.3 Å². The Morgan fingerprint density at radius 1 is 1.32 bits per heavy atom. The van der Waals surface area contributed by atoms with Crippen LogP contribution in [0.3, 0.4) is 0 Å². The predicted molar refractivity (Wildman–Crippen MR) is 73.3 cm³/mol. The Hall–Kier alpha value is -1.92. The molecule has 2 N–H and O–H groups in total. The van der Waals surface area contributed by atoms with Crippen molar-refractivity contribution in [3.8, 4) is 11.3 Å². The van der Waals surface area contributed by atoms with Gasteiger partial charge in [0.1, 0.15) is 5.69 Å². The van der Waals surface area contributed by atoms with Crippen LogP contribution in [0.2, 0.25) is 10.0 Å². The average molecular weight is 299 g/mol. The van der Waals surface area contributed by atoms with E-state index in [4.69, 9.17) is 28.9 Å². The molecule has 1 heterocycles. The monoisotopic (exact) mass is 298 g/mol. The summed E-state index contributed by atoms with van der Waals surface area (Å²) in [6.45, 7) is 1.48. The first-order chi connectivity index (χ1) is 8.90. The third-order valence-electron chi connectivity index (χ3n) is 2.44. The number of hydrogen-bond acceptors (Lipinski definition) is 5. The van der Waals surface area contributed by atoms with Crippen LogP contribution in [0.5, 0.6) is 0 Å². The van der Waals surface area contributed by atoms with Crippen molar-refractivity contribution in [2.24, 2.45) is 0 Å². The van der Waals surface area contributed by atoms with Gasteiger partial charge in [-0.25, -0.2) is 9.97 Å². The summed E-state index contributed by atoms with van der Waals surface area (Å²) >= 11 is 11.9. The van der Waals surface area contributed by atoms with Crippen LogP contribution in [0.4, 0.5) is 11.6 Å². The van der Waals surface area contributed by atoms with E-state index in [-0.39, 0.29) is 23.0 Å². The Balaban J connectivity index is 2.81. The SMILES string of the molecule is Cc1nc(N)nc(-c2cc(Cl)ccc2Cl)c1[N+](=O)[O-]. The largest absolute Gasteiger partial charge is 0.368 e. The van der Waals surface area contributed by atoms with E-state index < -0.39 is 4.92 Å². The third kappa shape index (κ3) is 2.59. The van der Waals surface area contributed by atoms with Crippen LogP contribution < -0.4 is 5.73 Å². The lowest BCUT2D eigenvalue weighted by Crippen LogP contribution is -2.04. The fourth-order valence-electron chi connectivity index (χ4n) is 1.67. The van der Waals surface area contributed by atoms with Crippen LogP contribution >= 0.6 is 23.2 Å². The van der Waals surface area contributed by atoms with Crippen LogP contribution in [0, 0.1) is 17.0 Å². The summed E-state index contributed by atoms with van der Waals surface area (Å²) < 4.78 is 0. The van der Waals surface area contributed by atoms with Crippen LogP contribution in [-0.2, 0) is 0 Å². The van der Waals surface area contributed by atoms with Gasteiger partial charge >= 0.3 is 5.69 Å². The Bertz CT molecular complexity index is 676. The quantitative estimate of drug-likeness (QED) is 0.678. The molecule has 0 aliphatic carbocycles. The number of nitrogen functional groups attached to an aromatic ring is 1. The lowest BCUT2D eigenvalue weighted by Gasteiger charge is -2.07. The topological polar surface area (TPSA) is 94.9 Å². The molecule has 0 atom stereocenters. The van der Waals surface area contributed by atoms with E-state index in [2.05, 4.69) is 9.97 Å². The molecule has 0 aliphatic heterocycles. The maximum atomic E-state index is 11.1. The summed E-state index contributed by atoms with van der Waals surface area (Å²) in [6, 6.07) is 4.62. The molecule has 0 fully saturated rings. The zero-order valence-electron chi connectivity index (χ0n) is 9.72. The molecule has 0 amide bonds. The molecule has 8 heteroatoms. The lowest BCUT2D eigenvalue weighted by molar-refractivity contribution is -0.385. The van der Waals surface area contributed by atoms with Gasteiger partial charge in [-0.05, 0) is 25.1 Å². The van der Waals surface area contributed by atoms with Gasteiger partial charge in [0.2, 0.25) is 5.95 Å². The number of nitrogens with two attached hydrogens (primary N) is 1. The van der Waals surface area contributed by atoms with E-state index in [1.54, 1.807) is 6.07 Å². The van der Waals surface area contributed by atoms with Crippen molar-refractivity contribution in [1.29, 1.82) is 0 Å². The summed E-state index contributed by atoms with van der Waals surface area (Å²) in [4.78, 5) is 18.3. The second-order valence-corrected chi connectivity index (χ2v) is 4.59. The summed E-state index contributed by atoms with van der Waals surface area (Å²) in [5, 5.41) is 11.8. The molecule has 0 unspecified atom stereocenters. The Labute approximate surface area is 118 Å². The molecule has 2 aromatic rings. The number of aromatic nitrogens is 2. The normalized spacial score (nSPS) is 10.5. The van der Waals surface area contributed by atoms with Crippen molar-refractivity contribution in [3.63, 3.8) is 0 Å². The summed E-state index contributed by atoms with van der Waals surface area (Å²) in [5.41, 5.74) is 5.87. The van der Waals surface area contributed by atoms with E-state index in [1.165, 1.54) is 19.1 Å². The van der Waals surface area contributed by atoms with Crippen molar-refractivity contribution in [2.45, 2.75) is 6.92 Å². The average Bonchev–Trinajstić information content (AvgIpc) is 2.30. The number of benzene rings is 1. The third-order valence-corrected chi connectivity index (χ3v) is 3.01. The molecule has 98 valence electrons. The number of rotatable bonds is 2. The summed E-state index contributed by atoms with van der Waals surface area (Å²) in [6.07, 6.45) is 0. The Morgan fingerprint density at radius 3 is 2.63 bits per heavy atom. The smallest absolute Gasteiger partial charge is 0.316 e. The van der Waals surface area contributed by atoms with Gasteiger partial charge in [-0.15, -0.1) is 0 Å². The number of aryl methyl sites for hydroxylation is 1. The van der Waals surface area contributed by atoms with Crippen LogP contribution in [-0.4, -0.2) is 14.9 Å².